The zero-order valence-corrected chi connectivity index (χ0v) is 11.5. The second kappa shape index (κ2) is 5.12. The molecule has 0 spiro atoms. The van der Waals surface area contributed by atoms with Crippen LogP contribution in [-0.2, 0) is 19.5 Å². The standard InChI is InChI=1S/C15H14FN3O2/c1-2-12-13(16)14(18-8-17-12)19-6-10-4-3-9(15(20)21)5-11(10)7-19/h3-5,8H,2,6-7H2,1H3,(H,20,21). The molecule has 6 heteroatoms. The highest BCUT2D eigenvalue weighted by atomic mass is 19.1. The summed E-state index contributed by atoms with van der Waals surface area (Å²) in [6.07, 6.45) is 1.87. The highest BCUT2D eigenvalue weighted by Gasteiger charge is 2.24. The van der Waals surface area contributed by atoms with Gasteiger partial charge in [0.15, 0.2) is 11.6 Å². The molecule has 0 saturated carbocycles. The molecule has 0 radical (unpaired) electrons. The second-order valence-corrected chi connectivity index (χ2v) is 4.96. The Morgan fingerprint density at radius 2 is 2.10 bits per heavy atom. The number of rotatable bonds is 3. The Morgan fingerprint density at radius 3 is 2.81 bits per heavy atom. The van der Waals surface area contributed by atoms with Gasteiger partial charge in [0, 0.05) is 13.1 Å². The van der Waals surface area contributed by atoms with Gasteiger partial charge in [-0.05, 0) is 29.7 Å². The Hall–Kier alpha value is -2.50. The van der Waals surface area contributed by atoms with Crippen LogP contribution in [-0.4, -0.2) is 21.0 Å². The number of nitrogens with zero attached hydrogens (tertiary/aromatic N) is 3. The number of aromatic carboxylic acids is 1. The molecular formula is C15H14FN3O2. The largest absolute Gasteiger partial charge is 0.478 e. The quantitative estimate of drug-likeness (QED) is 0.939. The lowest BCUT2D eigenvalue weighted by atomic mass is 10.1. The van der Waals surface area contributed by atoms with Crippen molar-refractivity contribution in [2.45, 2.75) is 26.4 Å². The molecule has 2 aromatic rings. The van der Waals surface area contributed by atoms with Gasteiger partial charge >= 0.3 is 5.97 Å². The van der Waals surface area contributed by atoms with Crippen LogP contribution in [0.15, 0.2) is 24.5 Å². The van der Waals surface area contributed by atoms with Crippen LogP contribution >= 0.6 is 0 Å². The minimum atomic E-state index is -0.960. The van der Waals surface area contributed by atoms with Gasteiger partial charge in [0.05, 0.1) is 11.3 Å². The first-order valence-corrected chi connectivity index (χ1v) is 6.69. The van der Waals surface area contributed by atoms with Gasteiger partial charge in [-0.1, -0.05) is 13.0 Å². The van der Waals surface area contributed by atoms with Crippen LogP contribution in [0.3, 0.4) is 0 Å². The smallest absolute Gasteiger partial charge is 0.335 e. The SMILES string of the molecule is CCc1ncnc(N2Cc3ccc(C(=O)O)cc3C2)c1F. The molecule has 1 aliphatic rings. The summed E-state index contributed by atoms with van der Waals surface area (Å²) in [6.45, 7) is 2.81. The summed E-state index contributed by atoms with van der Waals surface area (Å²) in [5.74, 6) is -1.08. The summed E-state index contributed by atoms with van der Waals surface area (Å²) in [5, 5.41) is 9.02. The first-order valence-electron chi connectivity index (χ1n) is 6.69. The van der Waals surface area contributed by atoms with Crippen LogP contribution < -0.4 is 4.90 Å². The maximum atomic E-state index is 14.3. The van der Waals surface area contributed by atoms with Crippen LogP contribution in [0.1, 0.15) is 34.1 Å². The van der Waals surface area contributed by atoms with Crippen molar-refractivity contribution >= 4 is 11.8 Å². The molecule has 0 atom stereocenters. The van der Waals surface area contributed by atoms with Crippen LogP contribution in [0.4, 0.5) is 10.2 Å². The molecule has 3 rings (SSSR count). The number of carbonyl (C=O) groups is 1. The van der Waals surface area contributed by atoms with E-state index in [9.17, 15) is 9.18 Å². The number of benzene rings is 1. The van der Waals surface area contributed by atoms with Crippen LogP contribution in [0.2, 0.25) is 0 Å². The van der Waals surface area contributed by atoms with Crippen molar-refractivity contribution in [1.29, 1.82) is 0 Å². The monoisotopic (exact) mass is 287 g/mol. The molecule has 0 unspecified atom stereocenters. The highest BCUT2D eigenvalue weighted by Crippen LogP contribution is 2.29. The number of aryl methyl sites for hydroxylation is 1. The Bertz CT molecular complexity index is 718. The van der Waals surface area contributed by atoms with Gasteiger partial charge in [0.1, 0.15) is 6.33 Å². The number of carboxylic acids is 1. The van der Waals surface area contributed by atoms with Gasteiger partial charge in [0.25, 0.3) is 0 Å². The van der Waals surface area contributed by atoms with E-state index < -0.39 is 11.8 Å². The molecule has 0 fully saturated rings. The molecule has 108 valence electrons. The lowest BCUT2D eigenvalue weighted by molar-refractivity contribution is 0.0697. The van der Waals surface area contributed by atoms with E-state index in [-0.39, 0.29) is 11.4 Å². The minimum Gasteiger partial charge on any atom is -0.478 e. The number of hydrogen-bond donors (Lipinski definition) is 1. The predicted octanol–water partition coefficient (Wildman–Crippen LogP) is 2.40. The van der Waals surface area contributed by atoms with Gasteiger partial charge in [-0.25, -0.2) is 19.2 Å². The third kappa shape index (κ3) is 2.33. The molecular weight excluding hydrogens is 273 g/mol. The van der Waals surface area contributed by atoms with Crippen molar-refractivity contribution < 1.29 is 14.3 Å². The van der Waals surface area contributed by atoms with Gasteiger partial charge in [0.2, 0.25) is 0 Å². The molecule has 0 aliphatic carbocycles. The first-order chi connectivity index (χ1) is 10.1. The maximum absolute atomic E-state index is 14.3. The van der Waals surface area contributed by atoms with E-state index in [1.54, 1.807) is 23.1 Å². The van der Waals surface area contributed by atoms with Crippen molar-refractivity contribution in [3.05, 3.63) is 52.7 Å². The van der Waals surface area contributed by atoms with E-state index in [0.717, 1.165) is 11.1 Å². The summed E-state index contributed by atoms with van der Waals surface area (Å²) in [7, 11) is 0. The number of hydrogen-bond acceptors (Lipinski definition) is 4. The predicted molar refractivity (Wildman–Crippen MR) is 74.7 cm³/mol. The summed E-state index contributed by atoms with van der Waals surface area (Å²) < 4.78 is 14.3. The maximum Gasteiger partial charge on any atom is 0.335 e. The zero-order chi connectivity index (χ0) is 15.0. The topological polar surface area (TPSA) is 66.3 Å². The van der Waals surface area contributed by atoms with E-state index >= 15 is 0 Å². The molecule has 5 nitrogen and oxygen atoms in total. The van der Waals surface area contributed by atoms with Gasteiger partial charge in [-0.15, -0.1) is 0 Å². The van der Waals surface area contributed by atoms with Crippen molar-refractivity contribution in [2.24, 2.45) is 0 Å². The van der Waals surface area contributed by atoms with E-state index in [1.165, 1.54) is 6.33 Å². The Balaban J connectivity index is 1.93. The van der Waals surface area contributed by atoms with E-state index in [2.05, 4.69) is 9.97 Å². The second-order valence-electron chi connectivity index (χ2n) is 4.96. The van der Waals surface area contributed by atoms with Crippen molar-refractivity contribution in [2.75, 3.05) is 4.90 Å². The molecule has 1 aromatic heterocycles. The number of aromatic nitrogens is 2. The summed E-state index contributed by atoms with van der Waals surface area (Å²) >= 11 is 0. The Labute approximate surface area is 121 Å². The average Bonchev–Trinajstić information content (AvgIpc) is 2.90. The highest BCUT2D eigenvalue weighted by molar-refractivity contribution is 5.88. The molecule has 21 heavy (non-hydrogen) atoms. The lowest BCUT2D eigenvalue weighted by Gasteiger charge is -2.17. The minimum absolute atomic E-state index is 0.244. The van der Waals surface area contributed by atoms with Crippen molar-refractivity contribution in [3.63, 3.8) is 0 Å². The average molecular weight is 287 g/mol. The fourth-order valence-electron chi connectivity index (χ4n) is 2.54. The molecule has 2 heterocycles. The third-order valence-corrected chi connectivity index (χ3v) is 3.65. The zero-order valence-electron chi connectivity index (χ0n) is 11.5. The molecule has 0 bridgehead atoms. The van der Waals surface area contributed by atoms with Crippen LogP contribution in [0, 0.1) is 5.82 Å². The lowest BCUT2D eigenvalue weighted by Crippen LogP contribution is -2.18. The van der Waals surface area contributed by atoms with Crippen LogP contribution in [0.5, 0.6) is 0 Å². The molecule has 1 N–H and O–H groups in total. The van der Waals surface area contributed by atoms with Gasteiger partial charge in [-0.3, -0.25) is 0 Å². The normalized spacial score (nSPS) is 13.3. The Morgan fingerprint density at radius 1 is 1.33 bits per heavy atom. The van der Waals surface area contributed by atoms with E-state index in [4.69, 9.17) is 5.11 Å². The summed E-state index contributed by atoms with van der Waals surface area (Å²) in [6, 6.07) is 4.98. The number of anilines is 1. The first kappa shape index (κ1) is 13.5. The van der Waals surface area contributed by atoms with Gasteiger partial charge in [-0.2, -0.15) is 0 Å². The van der Waals surface area contributed by atoms with Crippen molar-refractivity contribution in [3.8, 4) is 0 Å². The fraction of sp³-hybridized carbons (Fsp3) is 0.267. The summed E-state index contributed by atoms with van der Waals surface area (Å²) in [5.41, 5.74) is 2.53. The van der Waals surface area contributed by atoms with Gasteiger partial charge < -0.3 is 10.0 Å². The Kier molecular flexibility index (Phi) is 3.29. The number of halogens is 1. The van der Waals surface area contributed by atoms with E-state index in [1.807, 2.05) is 6.92 Å². The van der Waals surface area contributed by atoms with Crippen molar-refractivity contribution in [1.82, 2.24) is 9.97 Å². The third-order valence-electron chi connectivity index (χ3n) is 3.65. The molecule has 1 aromatic carbocycles. The fourth-order valence-corrected chi connectivity index (χ4v) is 2.54. The number of carboxylic acid groups (broad SMARTS) is 1. The van der Waals surface area contributed by atoms with Crippen LogP contribution in [0.25, 0.3) is 0 Å². The molecule has 0 saturated heterocycles. The number of fused-ring (bicyclic) bond motifs is 1. The van der Waals surface area contributed by atoms with E-state index in [0.29, 0.717) is 25.2 Å². The molecule has 0 amide bonds. The summed E-state index contributed by atoms with van der Waals surface area (Å²) in [4.78, 5) is 20.8. The molecule has 1 aliphatic heterocycles.